The highest BCUT2D eigenvalue weighted by Crippen LogP contribution is 2.06. The van der Waals surface area contributed by atoms with Crippen LogP contribution in [0.4, 0.5) is 5.95 Å². The number of hydrogen-bond donors (Lipinski definition) is 1. The van der Waals surface area contributed by atoms with E-state index in [9.17, 15) is 0 Å². The molecular weight excluding hydrogens is 176 g/mol. The van der Waals surface area contributed by atoms with Crippen molar-refractivity contribution in [3.63, 3.8) is 0 Å². The van der Waals surface area contributed by atoms with Gasteiger partial charge in [0.15, 0.2) is 0 Å². The van der Waals surface area contributed by atoms with Crippen molar-refractivity contribution in [2.45, 2.75) is 33.2 Å². The molecule has 74 valence electrons. The molecule has 1 N–H and O–H groups in total. The first-order valence-electron chi connectivity index (χ1n) is 4.68. The van der Waals surface area contributed by atoms with Gasteiger partial charge in [0.05, 0.1) is 0 Å². The maximum absolute atomic E-state index is 8.71. The van der Waals surface area contributed by atoms with E-state index in [0.29, 0.717) is 17.7 Å². The van der Waals surface area contributed by atoms with Crippen molar-refractivity contribution < 1.29 is 0 Å². The highest BCUT2D eigenvalue weighted by Gasteiger charge is 2.03. The molecule has 0 saturated carbocycles. The molecule has 1 rings (SSSR count). The van der Waals surface area contributed by atoms with Gasteiger partial charge in [0, 0.05) is 11.7 Å². The van der Waals surface area contributed by atoms with Gasteiger partial charge in [-0.2, -0.15) is 5.26 Å². The van der Waals surface area contributed by atoms with Crippen LogP contribution in [0.5, 0.6) is 0 Å². The summed E-state index contributed by atoms with van der Waals surface area (Å²) in [6, 6.07) is 4.00. The van der Waals surface area contributed by atoms with E-state index in [1.54, 1.807) is 6.07 Å². The number of aryl methyl sites for hydroxylation is 1. The second-order valence-electron chi connectivity index (χ2n) is 3.28. The molecule has 0 saturated heterocycles. The van der Waals surface area contributed by atoms with Crippen LogP contribution in [-0.4, -0.2) is 16.0 Å². The fourth-order valence-corrected chi connectivity index (χ4v) is 1.01. The monoisotopic (exact) mass is 190 g/mol. The average Bonchev–Trinajstić information content (AvgIpc) is 2.16. The van der Waals surface area contributed by atoms with Crippen molar-refractivity contribution in [1.82, 2.24) is 9.97 Å². The Bertz CT molecular complexity index is 354. The molecule has 4 nitrogen and oxygen atoms in total. The van der Waals surface area contributed by atoms with Crippen molar-refractivity contribution >= 4 is 5.95 Å². The highest BCUT2D eigenvalue weighted by molar-refractivity contribution is 5.33. The van der Waals surface area contributed by atoms with Crippen LogP contribution in [0.25, 0.3) is 0 Å². The zero-order valence-electron chi connectivity index (χ0n) is 8.70. The Morgan fingerprint density at radius 1 is 1.57 bits per heavy atom. The van der Waals surface area contributed by atoms with Crippen molar-refractivity contribution in [2.24, 2.45) is 0 Å². The summed E-state index contributed by atoms with van der Waals surface area (Å²) >= 11 is 0. The van der Waals surface area contributed by atoms with Crippen LogP contribution in [0.3, 0.4) is 0 Å². The number of hydrogen-bond acceptors (Lipinski definition) is 4. The first-order chi connectivity index (χ1) is 6.65. The summed E-state index contributed by atoms with van der Waals surface area (Å²) in [6.07, 6.45) is 0.999. The van der Waals surface area contributed by atoms with Crippen LogP contribution >= 0.6 is 0 Å². The SMILES string of the molecule is CCC(C)Nc1nc(C)cc(C#N)n1. The Balaban J connectivity index is 2.88. The third kappa shape index (κ3) is 2.70. The molecule has 0 radical (unpaired) electrons. The summed E-state index contributed by atoms with van der Waals surface area (Å²) in [5.41, 5.74) is 1.21. The van der Waals surface area contributed by atoms with Gasteiger partial charge < -0.3 is 5.32 Å². The largest absolute Gasteiger partial charge is 0.352 e. The van der Waals surface area contributed by atoms with Crippen molar-refractivity contribution in [2.75, 3.05) is 5.32 Å². The van der Waals surface area contributed by atoms with E-state index < -0.39 is 0 Å². The molecule has 1 atom stereocenters. The fourth-order valence-electron chi connectivity index (χ4n) is 1.01. The Morgan fingerprint density at radius 2 is 2.29 bits per heavy atom. The number of nitriles is 1. The molecule has 0 aliphatic heterocycles. The van der Waals surface area contributed by atoms with Gasteiger partial charge in [-0.3, -0.25) is 0 Å². The molecule has 0 fully saturated rings. The molecule has 0 aromatic carbocycles. The molecule has 1 unspecified atom stereocenters. The summed E-state index contributed by atoms with van der Waals surface area (Å²) in [4.78, 5) is 8.25. The van der Waals surface area contributed by atoms with E-state index >= 15 is 0 Å². The Hall–Kier alpha value is -1.63. The number of nitrogens with one attached hydrogen (secondary N) is 1. The lowest BCUT2D eigenvalue weighted by Crippen LogP contribution is -2.16. The zero-order valence-corrected chi connectivity index (χ0v) is 8.70. The summed E-state index contributed by atoms with van der Waals surface area (Å²) in [6.45, 7) is 5.99. The van der Waals surface area contributed by atoms with Crippen LogP contribution in [-0.2, 0) is 0 Å². The van der Waals surface area contributed by atoms with Crippen molar-refractivity contribution in [1.29, 1.82) is 5.26 Å². The van der Waals surface area contributed by atoms with Gasteiger partial charge in [-0.25, -0.2) is 9.97 Å². The predicted octanol–water partition coefficient (Wildman–Crippen LogP) is 1.87. The number of anilines is 1. The standard InChI is InChI=1S/C10H14N4/c1-4-7(2)12-10-13-8(3)5-9(6-11)14-10/h5,7H,4H2,1-3H3,(H,12,13,14). The number of aromatic nitrogens is 2. The third-order valence-electron chi connectivity index (χ3n) is 1.96. The molecule has 1 aromatic rings. The van der Waals surface area contributed by atoms with E-state index in [2.05, 4.69) is 29.1 Å². The van der Waals surface area contributed by atoms with Gasteiger partial charge in [-0.15, -0.1) is 0 Å². The van der Waals surface area contributed by atoms with Crippen LogP contribution < -0.4 is 5.32 Å². The Morgan fingerprint density at radius 3 is 2.86 bits per heavy atom. The topological polar surface area (TPSA) is 61.6 Å². The maximum atomic E-state index is 8.71. The van der Waals surface area contributed by atoms with E-state index in [4.69, 9.17) is 5.26 Å². The minimum Gasteiger partial charge on any atom is -0.352 e. The first kappa shape index (κ1) is 10.5. The average molecular weight is 190 g/mol. The molecule has 1 heterocycles. The van der Waals surface area contributed by atoms with Gasteiger partial charge >= 0.3 is 0 Å². The fraction of sp³-hybridized carbons (Fsp3) is 0.500. The van der Waals surface area contributed by atoms with Crippen molar-refractivity contribution in [3.8, 4) is 6.07 Å². The van der Waals surface area contributed by atoms with Gasteiger partial charge in [0.1, 0.15) is 11.8 Å². The highest BCUT2D eigenvalue weighted by atomic mass is 15.1. The van der Waals surface area contributed by atoms with Gasteiger partial charge in [0.25, 0.3) is 0 Å². The van der Waals surface area contributed by atoms with E-state index in [1.807, 2.05) is 13.0 Å². The second-order valence-corrected chi connectivity index (χ2v) is 3.28. The summed E-state index contributed by atoms with van der Waals surface area (Å²) in [7, 11) is 0. The summed E-state index contributed by atoms with van der Waals surface area (Å²) in [5.74, 6) is 0.538. The zero-order chi connectivity index (χ0) is 10.6. The lowest BCUT2D eigenvalue weighted by atomic mass is 10.3. The van der Waals surface area contributed by atoms with Gasteiger partial charge in [-0.05, 0) is 26.3 Å². The summed E-state index contributed by atoms with van der Waals surface area (Å²) in [5, 5.41) is 11.8. The van der Waals surface area contributed by atoms with Crippen LogP contribution in [0, 0.1) is 18.3 Å². The second kappa shape index (κ2) is 4.56. The normalized spacial score (nSPS) is 11.9. The first-order valence-corrected chi connectivity index (χ1v) is 4.68. The Labute approximate surface area is 84.0 Å². The van der Waals surface area contributed by atoms with E-state index in [-0.39, 0.29) is 0 Å². The molecule has 14 heavy (non-hydrogen) atoms. The Kier molecular flexibility index (Phi) is 3.41. The third-order valence-corrected chi connectivity index (χ3v) is 1.96. The maximum Gasteiger partial charge on any atom is 0.224 e. The lowest BCUT2D eigenvalue weighted by Gasteiger charge is -2.11. The minimum absolute atomic E-state index is 0.323. The van der Waals surface area contributed by atoms with Crippen LogP contribution in [0.15, 0.2) is 6.07 Å². The van der Waals surface area contributed by atoms with E-state index in [1.165, 1.54) is 0 Å². The molecule has 4 heteroatoms. The summed E-state index contributed by atoms with van der Waals surface area (Å²) < 4.78 is 0. The quantitative estimate of drug-likeness (QED) is 0.790. The van der Waals surface area contributed by atoms with Gasteiger partial charge in [0.2, 0.25) is 5.95 Å². The molecule has 0 aliphatic carbocycles. The van der Waals surface area contributed by atoms with Gasteiger partial charge in [-0.1, -0.05) is 6.92 Å². The lowest BCUT2D eigenvalue weighted by molar-refractivity contribution is 0.751. The molecule has 0 aliphatic rings. The predicted molar refractivity (Wildman–Crippen MR) is 54.9 cm³/mol. The molecule has 0 bridgehead atoms. The number of nitrogens with zero attached hydrogens (tertiary/aromatic N) is 3. The number of rotatable bonds is 3. The smallest absolute Gasteiger partial charge is 0.224 e. The molecule has 0 amide bonds. The molecule has 0 spiro atoms. The minimum atomic E-state index is 0.323. The van der Waals surface area contributed by atoms with E-state index in [0.717, 1.165) is 12.1 Å². The van der Waals surface area contributed by atoms with Crippen molar-refractivity contribution in [3.05, 3.63) is 17.5 Å². The van der Waals surface area contributed by atoms with Crippen LogP contribution in [0.1, 0.15) is 31.7 Å². The van der Waals surface area contributed by atoms with Crippen LogP contribution in [0.2, 0.25) is 0 Å². The molecule has 1 aromatic heterocycles. The molecular formula is C10H14N4.